The van der Waals surface area contributed by atoms with Crippen LogP contribution in [-0.4, -0.2) is 37.1 Å². The van der Waals surface area contributed by atoms with Gasteiger partial charge in [-0.25, -0.2) is 0 Å². The molecular weight excluding hydrogens is 256 g/mol. The molecule has 1 aromatic rings. The van der Waals surface area contributed by atoms with E-state index in [1.165, 1.54) is 57.3 Å². The first-order valence-corrected chi connectivity index (χ1v) is 8.75. The molecule has 0 heterocycles. The normalized spacial score (nSPS) is 12.8. The van der Waals surface area contributed by atoms with Crippen LogP contribution in [0.2, 0.25) is 0 Å². The summed E-state index contributed by atoms with van der Waals surface area (Å²) in [7, 11) is 0. The molecule has 2 nitrogen and oxygen atoms in total. The summed E-state index contributed by atoms with van der Waals surface area (Å²) in [4.78, 5) is 2.51. The summed E-state index contributed by atoms with van der Waals surface area (Å²) in [6.45, 7) is 11.6. The lowest BCUT2D eigenvalue weighted by Crippen LogP contribution is -2.29. The summed E-state index contributed by atoms with van der Waals surface area (Å²) in [5.74, 6) is 0. The average Bonchev–Trinajstić information content (AvgIpc) is 2.52. The fraction of sp³-hybridized carbons (Fsp3) is 0.684. The SMILES string of the molecule is CCN(CC)CCCC(C)NCCCCc1ccccc1. The van der Waals surface area contributed by atoms with E-state index < -0.39 is 0 Å². The van der Waals surface area contributed by atoms with E-state index in [2.05, 4.69) is 61.3 Å². The fourth-order valence-corrected chi connectivity index (χ4v) is 2.71. The predicted octanol–water partition coefficient (Wildman–Crippen LogP) is 4.11. The highest BCUT2D eigenvalue weighted by Crippen LogP contribution is 2.04. The van der Waals surface area contributed by atoms with Crippen molar-refractivity contribution in [2.75, 3.05) is 26.2 Å². The standard InChI is InChI=1S/C19H34N2/c1-4-21(5-2)17-11-12-18(3)20-16-10-9-15-19-13-7-6-8-14-19/h6-8,13-14,18,20H,4-5,9-12,15-17H2,1-3H3. The van der Waals surface area contributed by atoms with Crippen LogP contribution < -0.4 is 5.32 Å². The number of benzene rings is 1. The highest BCUT2D eigenvalue weighted by molar-refractivity contribution is 5.14. The van der Waals surface area contributed by atoms with Crippen molar-refractivity contribution in [2.45, 2.75) is 58.9 Å². The Balaban J connectivity index is 1.97. The van der Waals surface area contributed by atoms with Crippen LogP contribution in [0, 0.1) is 0 Å². The average molecular weight is 290 g/mol. The molecule has 1 aromatic carbocycles. The van der Waals surface area contributed by atoms with Gasteiger partial charge in [-0.15, -0.1) is 0 Å². The summed E-state index contributed by atoms with van der Waals surface area (Å²) < 4.78 is 0. The quantitative estimate of drug-likeness (QED) is 0.583. The molecule has 0 spiro atoms. The smallest absolute Gasteiger partial charge is 0.00391 e. The molecule has 0 amide bonds. The highest BCUT2D eigenvalue weighted by atomic mass is 15.1. The summed E-state index contributed by atoms with van der Waals surface area (Å²) in [6, 6.07) is 11.5. The molecule has 120 valence electrons. The van der Waals surface area contributed by atoms with E-state index in [9.17, 15) is 0 Å². The molecule has 0 fully saturated rings. The minimum absolute atomic E-state index is 0.650. The maximum absolute atomic E-state index is 3.66. The van der Waals surface area contributed by atoms with Crippen molar-refractivity contribution >= 4 is 0 Å². The minimum Gasteiger partial charge on any atom is -0.314 e. The van der Waals surface area contributed by atoms with Crippen LogP contribution in [-0.2, 0) is 6.42 Å². The van der Waals surface area contributed by atoms with Crippen molar-refractivity contribution in [1.82, 2.24) is 10.2 Å². The largest absolute Gasteiger partial charge is 0.314 e. The number of nitrogens with one attached hydrogen (secondary N) is 1. The number of aryl methyl sites for hydroxylation is 1. The summed E-state index contributed by atoms with van der Waals surface area (Å²) >= 11 is 0. The van der Waals surface area contributed by atoms with Crippen molar-refractivity contribution < 1.29 is 0 Å². The van der Waals surface area contributed by atoms with E-state index in [4.69, 9.17) is 0 Å². The fourth-order valence-electron chi connectivity index (χ4n) is 2.71. The van der Waals surface area contributed by atoms with E-state index in [1.54, 1.807) is 0 Å². The molecule has 0 radical (unpaired) electrons. The maximum atomic E-state index is 3.66. The van der Waals surface area contributed by atoms with Crippen molar-refractivity contribution in [1.29, 1.82) is 0 Å². The van der Waals surface area contributed by atoms with Gasteiger partial charge in [0, 0.05) is 6.04 Å². The molecular formula is C19H34N2. The predicted molar refractivity (Wildman–Crippen MR) is 93.9 cm³/mol. The molecule has 0 aliphatic heterocycles. The van der Waals surface area contributed by atoms with E-state index in [0.29, 0.717) is 6.04 Å². The van der Waals surface area contributed by atoms with Gasteiger partial charge in [-0.05, 0) is 70.8 Å². The van der Waals surface area contributed by atoms with Crippen LogP contribution in [0.15, 0.2) is 30.3 Å². The Bertz CT molecular complexity index is 333. The number of rotatable bonds is 12. The highest BCUT2D eigenvalue weighted by Gasteiger charge is 2.03. The Hall–Kier alpha value is -0.860. The first-order valence-electron chi connectivity index (χ1n) is 8.75. The van der Waals surface area contributed by atoms with Crippen LogP contribution in [0.25, 0.3) is 0 Å². The van der Waals surface area contributed by atoms with Gasteiger partial charge >= 0.3 is 0 Å². The monoisotopic (exact) mass is 290 g/mol. The molecule has 2 heteroatoms. The second kappa shape index (κ2) is 11.8. The van der Waals surface area contributed by atoms with Gasteiger partial charge < -0.3 is 10.2 Å². The molecule has 1 rings (SSSR count). The van der Waals surface area contributed by atoms with Crippen LogP contribution in [0.1, 0.15) is 52.0 Å². The van der Waals surface area contributed by atoms with Crippen LogP contribution in [0.3, 0.4) is 0 Å². The number of hydrogen-bond donors (Lipinski definition) is 1. The maximum Gasteiger partial charge on any atom is 0.00391 e. The lowest BCUT2D eigenvalue weighted by atomic mass is 10.1. The molecule has 0 saturated heterocycles. The third kappa shape index (κ3) is 8.90. The van der Waals surface area contributed by atoms with Gasteiger partial charge in [-0.3, -0.25) is 0 Å². The van der Waals surface area contributed by atoms with Crippen molar-refractivity contribution in [3.05, 3.63) is 35.9 Å². The molecule has 0 saturated carbocycles. The second-order valence-corrected chi connectivity index (χ2v) is 5.97. The molecule has 1 N–H and O–H groups in total. The van der Waals surface area contributed by atoms with Crippen molar-refractivity contribution in [3.63, 3.8) is 0 Å². The minimum atomic E-state index is 0.650. The van der Waals surface area contributed by atoms with Gasteiger partial charge in [0.2, 0.25) is 0 Å². The van der Waals surface area contributed by atoms with Crippen molar-refractivity contribution in [3.8, 4) is 0 Å². The Morgan fingerprint density at radius 2 is 1.71 bits per heavy atom. The van der Waals surface area contributed by atoms with E-state index in [0.717, 1.165) is 6.54 Å². The zero-order valence-electron chi connectivity index (χ0n) is 14.3. The van der Waals surface area contributed by atoms with Crippen LogP contribution in [0.5, 0.6) is 0 Å². The summed E-state index contributed by atoms with van der Waals surface area (Å²) in [5.41, 5.74) is 1.46. The third-order valence-electron chi connectivity index (χ3n) is 4.23. The Morgan fingerprint density at radius 1 is 1.00 bits per heavy atom. The molecule has 0 aromatic heterocycles. The van der Waals surface area contributed by atoms with Crippen LogP contribution >= 0.6 is 0 Å². The zero-order valence-corrected chi connectivity index (χ0v) is 14.3. The molecule has 0 bridgehead atoms. The van der Waals surface area contributed by atoms with E-state index >= 15 is 0 Å². The van der Waals surface area contributed by atoms with Gasteiger partial charge in [0.15, 0.2) is 0 Å². The third-order valence-corrected chi connectivity index (χ3v) is 4.23. The molecule has 0 aliphatic carbocycles. The summed E-state index contributed by atoms with van der Waals surface area (Å²) in [5, 5.41) is 3.66. The van der Waals surface area contributed by atoms with Gasteiger partial charge in [0.1, 0.15) is 0 Å². The van der Waals surface area contributed by atoms with Gasteiger partial charge in [-0.2, -0.15) is 0 Å². The first kappa shape index (κ1) is 18.2. The van der Waals surface area contributed by atoms with Gasteiger partial charge in [0.05, 0.1) is 0 Å². The number of unbranched alkanes of at least 4 members (excludes halogenated alkanes) is 1. The number of hydrogen-bond acceptors (Lipinski definition) is 2. The lowest BCUT2D eigenvalue weighted by molar-refractivity contribution is 0.290. The molecule has 0 aliphatic rings. The molecule has 21 heavy (non-hydrogen) atoms. The topological polar surface area (TPSA) is 15.3 Å². The van der Waals surface area contributed by atoms with Crippen LogP contribution in [0.4, 0.5) is 0 Å². The van der Waals surface area contributed by atoms with E-state index in [-0.39, 0.29) is 0 Å². The van der Waals surface area contributed by atoms with Crippen molar-refractivity contribution in [2.24, 2.45) is 0 Å². The zero-order chi connectivity index (χ0) is 15.3. The molecule has 1 unspecified atom stereocenters. The Morgan fingerprint density at radius 3 is 2.38 bits per heavy atom. The van der Waals surface area contributed by atoms with E-state index in [1.807, 2.05) is 0 Å². The van der Waals surface area contributed by atoms with Gasteiger partial charge in [0.25, 0.3) is 0 Å². The Labute approximate surface area is 131 Å². The first-order chi connectivity index (χ1) is 10.3. The second-order valence-electron chi connectivity index (χ2n) is 5.97. The summed E-state index contributed by atoms with van der Waals surface area (Å²) in [6.07, 6.45) is 6.35. The van der Waals surface area contributed by atoms with Gasteiger partial charge in [-0.1, -0.05) is 44.2 Å². The number of nitrogens with zero attached hydrogens (tertiary/aromatic N) is 1. The lowest BCUT2D eigenvalue weighted by Gasteiger charge is -2.19. The Kier molecular flexibility index (Phi) is 10.2. The molecule has 1 atom stereocenters.